The van der Waals surface area contributed by atoms with Crippen LogP contribution >= 0.6 is 22.6 Å². The van der Waals surface area contributed by atoms with Gasteiger partial charge in [-0.25, -0.2) is 4.68 Å². The summed E-state index contributed by atoms with van der Waals surface area (Å²) in [6.07, 6.45) is 0. The monoisotopic (exact) mass is 406 g/mol. The number of fused-ring (bicyclic) bond motifs is 1. The summed E-state index contributed by atoms with van der Waals surface area (Å²) < 4.78 is 1.98. The van der Waals surface area contributed by atoms with Gasteiger partial charge >= 0.3 is 0 Å². The molecule has 3 rings (SSSR count). The molecule has 22 heavy (non-hydrogen) atoms. The van der Waals surface area contributed by atoms with E-state index in [-0.39, 0.29) is 18.0 Å². The Morgan fingerprint density at radius 1 is 1.14 bits per heavy atom. The number of nitrogens with one attached hydrogen (secondary N) is 1. The Morgan fingerprint density at radius 2 is 1.86 bits per heavy atom. The number of anilines is 1. The van der Waals surface area contributed by atoms with Gasteiger partial charge < -0.3 is 5.32 Å². The van der Waals surface area contributed by atoms with Crippen molar-refractivity contribution in [3.8, 4) is 0 Å². The molecule has 0 spiro atoms. The van der Waals surface area contributed by atoms with Crippen molar-refractivity contribution in [1.29, 1.82) is 0 Å². The van der Waals surface area contributed by atoms with Gasteiger partial charge in [-0.2, -0.15) is 0 Å². The van der Waals surface area contributed by atoms with Gasteiger partial charge in [0, 0.05) is 3.57 Å². The molecule has 3 aromatic rings. The molecule has 0 unspecified atom stereocenters. The quantitative estimate of drug-likeness (QED) is 0.676. The van der Waals surface area contributed by atoms with Crippen LogP contribution in [0.5, 0.6) is 0 Å². The maximum Gasteiger partial charge on any atom is 0.278 e. The van der Waals surface area contributed by atoms with Gasteiger partial charge in [-0.1, -0.05) is 29.5 Å². The lowest BCUT2D eigenvalue weighted by atomic mass is 10.2. The van der Waals surface area contributed by atoms with E-state index in [1.54, 1.807) is 30.3 Å². The molecule has 0 fully saturated rings. The average molecular weight is 406 g/mol. The number of halogens is 1. The Hall–Kier alpha value is -2.29. The van der Waals surface area contributed by atoms with Crippen molar-refractivity contribution < 1.29 is 4.79 Å². The smallest absolute Gasteiger partial charge is 0.278 e. The minimum absolute atomic E-state index is 0.179. The fourth-order valence-corrected chi connectivity index (χ4v) is 2.54. The fourth-order valence-electron chi connectivity index (χ4n) is 2.02. The summed E-state index contributed by atoms with van der Waals surface area (Å²) in [6.45, 7) is -0.179. The number of nitrogens with zero attached hydrogens (tertiary/aromatic N) is 3. The number of rotatable bonds is 3. The Morgan fingerprint density at radius 3 is 2.68 bits per heavy atom. The van der Waals surface area contributed by atoms with Crippen LogP contribution in [0.25, 0.3) is 10.9 Å². The fraction of sp³-hybridized carbons (Fsp3) is 0.0667. The van der Waals surface area contributed by atoms with E-state index in [1.165, 1.54) is 0 Å². The van der Waals surface area contributed by atoms with Crippen molar-refractivity contribution in [2.75, 3.05) is 5.32 Å². The normalized spacial score (nSPS) is 10.6. The van der Waals surface area contributed by atoms with E-state index in [0.717, 1.165) is 8.25 Å². The number of hydrogen-bond acceptors (Lipinski definition) is 4. The van der Waals surface area contributed by atoms with Crippen LogP contribution in [0.15, 0.2) is 53.3 Å². The lowest BCUT2D eigenvalue weighted by molar-refractivity contribution is -0.117. The van der Waals surface area contributed by atoms with E-state index in [0.29, 0.717) is 16.6 Å². The second-order valence-corrected chi connectivity index (χ2v) is 5.76. The molecule has 0 saturated carbocycles. The molecule has 6 nitrogen and oxygen atoms in total. The van der Waals surface area contributed by atoms with E-state index < -0.39 is 0 Å². The lowest BCUT2D eigenvalue weighted by Crippen LogP contribution is -2.30. The third kappa shape index (κ3) is 2.98. The Bertz CT molecular complexity index is 907. The highest BCUT2D eigenvalue weighted by atomic mass is 127. The maximum atomic E-state index is 12.3. The first-order valence-electron chi connectivity index (χ1n) is 6.52. The van der Waals surface area contributed by atoms with Crippen LogP contribution in [0.3, 0.4) is 0 Å². The highest BCUT2D eigenvalue weighted by Crippen LogP contribution is 2.16. The summed E-state index contributed by atoms with van der Waals surface area (Å²) in [5, 5.41) is 11.0. The minimum Gasteiger partial charge on any atom is -0.324 e. The van der Waals surface area contributed by atoms with Crippen molar-refractivity contribution in [1.82, 2.24) is 15.0 Å². The molecule has 0 aliphatic heterocycles. The Kier molecular flexibility index (Phi) is 4.14. The van der Waals surface area contributed by atoms with E-state index in [4.69, 9.17) is 0 Å². The van der Waals surface area contributed by atoms with Crippen LogP contribution in [-0.2, 0) is 11.3 Å². The third-order valence-corrected chi connectivity index (χ3v) is 4.01. The first-order chi connectivity index (χ1) is 10.6. The zero-order chi connectivity index (χ0) is 15.5. The molecule has 0 aliphatic carbocycles. The molecular formula is C15H11IN4O2. The van der Waals surface area contributed by atoms with Crippen LogP contribution in [0, 0.1) is 3.57 Å². The number of carbonyl (C=O) groups is 1. The van der Waals surface area contributed by atoms with Gasteiger partial charge in [0.2, 0.25) is 5.91 Å². The van der Waals surface area contributed by atoms with Gasteiger partial charge in [0.1, 0.15) is 12.1 Å². The second-order valence-electron chi connectivity index (χ2n) is 4.60. The average Bonchev–Trinajstić information content (AvgIpc) is 2.53. The SMILES string of the molecule is O=C(Cn1nnc2ccccc2c1=O)Nc1ccccc1I. The number of hydrogen-bond donors (Lipinski definition) is 1. The number of carbonyl (C=O) groups excluding carboxylic acids is 1. The minimum atomic E-state index is -0.330. The van der Waals surface area contributed by atoms with Crippen molar-refractivity contribution >= 4 is 45.1 Å². The Balaban J connectivity index is 1.84. The highest BCUT2D eigenvalue weighted by molar-refractivity contribution is 14.1. The highest BCUT2D eigenvalue weighted by Gasteiger charge is 2.10. The molecule has 0 radical (unpaired) electrons. The third-order valence-electron chi connectivity index (χ3n) is 3.07. The van der Waals surface area contributed by atoms with Crippen LogP contribution in [0.1, 0.15) is 0 Å². The van der Waals surface area contributed by atoms with E-state index >= 15 is 0 Å². The molecule has 0 aliphatic rings. The van der Waals surface area contributed by atoms with Crippen molar-refractivity contribution in [3.05, 3.63) is 62.5 Å². The van der Waals surface area contributed by atoms with E-state index in [9.17, 15) is 9.59 Å². The first kappa shape index (κ1) is 14.6. The van der Waals surface area contributed by atoms with E-state index in [2.05, 4.69) is 38.2 Å². The molecule has 0 saturated heterocycles. The summed E-state index contributed by atoms with van der Waals surface area (Å²) in [5.41, 5.74) is 0.889. The van der Waals surface area contributed by atoms with Crippen molar-refractivity contribution in [2.45, 2.75) is 6.54 Å². The summed E-state index contributed by atoms with van der Waals surface area (Å²) >= 11 is 2.13. The Labute approximate surface area is 139 Å². The molecule has 2 aromatic carbocycles. The van der Waals surface area contributed by atoms with Crippen LogP contribution < -0.4 is 10.9 Å². The van der Waals surface area contributed by atoms with Gasteiger partial charge in [-0.3, -0.25) is 9.59 Å². The molecule has 1 aromatic heterocycles. The zero-order valence-electron chi connectivity index (χ0n) is 11.4. The van der Waals surface area contributed by atoms with Crippen molar-refractivity contribution in [3.63, 3.8) is 0 Å². The lowest BCUT2D eigenvalue weighted by Gasteiger charge is -2.08. The molecule has 7 heteroatoms. The molecule has 0 bridgehead atoms. The van der Waals surface area contributed by atoms with E-state index in [1.807, 2.05) is 18.2 Å². The maximum absolute atomic E-state index is 12.3. The first-order valence-corrected chi connectivity index (χ1v) is 7.60. The van der Waals surface area contributed by atoms with Crippen molar-refractivity contribution in [2.24, 2.45) is 0 Å². The standard InChI is InChI=1S/C15H11IN4O2/c16-11-6-2-4-8-13(11)17-14(21)9-20-15(22)10-5-1-3-7-12(10)18-19-20/h1-8H,9H2,(H,17,21). The van der Waals surface area contributed by atoms with Gasteiger partial charge in [0.25, 0.3) is 5.56 Å². The summed E-state index contributed by atoms with van der Waals surface area (Å²) in [4.78, 5) is 24.3. The van der Waals surface area contributed by atoms with Crippen LogP contribution in [-0.4, -0.2) is 20.9 Å². The predicted molar refractivity (Wildman–Crippen MR) is 91.6 cm³/mol. The zero-order valence-corrected chi connectivity index (χ0v) is 13.5. The summed E-state index contributed by atoms with van der Waals surface area (Å²) in [6, 6.07) is 14.3. The molecule has 1 amide bonds. The van der Waals surface area contributed by atoms with Gasteiger partial charge in [-0.15, -0.1) is 5.10 Å². The van der Waals surface area contributed by atoms with Gasteiger partial charge in [-0.05, 0) is 46.9 Å². The molecule has 0 atom stereocenters. The second kappa shape index (κ2) is 6.22. The number of amides is 1. The number of benzene rings is 2. The molecule has 1 N–H and O–H groups in total. The summed E-state index contributed by atoms with van der Waals surface area (Å²) in [5.74, 6) is -0.323. The van der Waals surface area contributed by atoms with Gasteiger partial charge in [0.05, 0.1) is 11.1 Å². The van der Waals surface area contributed by atoms with Crippen LogP contribution in [0.4, 0.5) is 5.69 Å². The van der Waals surface area contributed by atoms with Gasteiger partial charge in [0.15, 0.2) is 0 Å². The van der Waals surface area contributed by atoms with Crippen LogP contribution in [0.2, 0.25) is 0 Å². The number of para-hydroxylation sites is 1. The summed E-state index contributed by atoms with van der Waals surface area (Å²) in [7, 11) is 0. The molecule has 110 valence electrons. The largest absolute Gasteiger partial charge is 0.324 e. The predicted octanol–water partition coefficient (Wildman–Crippen LogP) is 2.03. The topological polar surface area (TPSA) is 76.9 Å². The molecule has 1 heterocycles. The molecular weight excluding hydrogens is 395 g/mol. The number of aromatic nitrogens is 3.